The van der Waals surface area contributed by atoms with Crippen LogP contribution in [0.2, 0.25) is 0 Å². The topological polar surface area (TPSA) is 9.23 Å². The van der Waals surface area contributed by atoms with Gasteiger partial charge in [-0.05, 0) is 117 Å². The van der Waals surface area contributed by atoms with Crippen molar-refractivity contribution in [2.75, 3.05) is 6.61 Å². The molecular formula is C33H43F3O. The minimum atomic E-state index is -3.65. The maximum absolute atomic E-state index is 14.8. The lowest BCUT2D eigenvalue weighted by Gasteiger charge is -2.29. The van der Waals surface area contributed by atoms with Gasteiger partial charge in [0, 0.05) is 0 Å². The number of alkyl halides is 2. The second-order valence-electron chi connectivity index (χ2n) is 11.4. The molecule has 1 nitrogen and oxygen atoms in total. The van der Waals surface area contributed by atoms with E-state index in [4.69, 9.17) is 4.74 Å². The van der Waals surface area contributed by atoms with E-state index in [9.17, 15) is 13.2 Å². The molecule has 0 bridgehead atoms. The third-order valence-electron chi connectivity index (χ3n) is 8.74. The van der Waals surface area contributed by atoms with E-state index in [1.165, 1.54) is 49.8 Å². The number of benzene rings is 2. The van der Waals surface area contributed by atoms with Crippen LogP contribution in [-0.4, -0.2) is 6.61 Å². The van der Waals surface area contributed by atoms with E-state index in [1.807, 2.05) is 19.1 Å². The number of hydrogen-bond acceptors (Lipinski definition) is 1. The Morgan fingerprint density at radius 2 is 1.49 bits per heavy atom. The molecule has 0 amide bonds. The Balaban J connectivity index is 1.26. The molecular weight excluding hydrogens is 469 g/mol. The number of ether oxygens (including phenoxy) is 1. The first-order chi connectivity index (χ1) is 17.9. The van der Waals surface area contributed by atoms with Crippen LogP contribution in [0.3, 0.4) is 0 Å². The monoisotopic (exact) mass is 512 g/mol. The van der Waals surface area contributed by atoms with Crippen LogP contribution < -0.4 is 0 Å². The Hall–Kier alpha value is -2.07. The lowest BCUT2D eigenvalue weighted by Crippen LogP contribution is -2.22. The molecule has 0 atom stereocenters. The predicted molar refractivity (Wildman–Crippen MR) is 146 cm³/mol. The molecule has 0 unspecified atom stereocenters. The molecule has 202 valence electrons. The first-order valence-corrected chi connectivity index (χ1v) is 14.4. The van der Waals surface area contributed by atoms with Gasteiger partial charge in [0.25, 0.3) is 0 Å². The predicted octanol–water partition coefficient (Wildman–Crippen LogP) is 10.1. The highest BCUT2D eigenvalue weighted by Gasteiger charge is 2.36. The zero-order valence-corrected chi connectivity index (χ0v) is 22.5. The first-order valence-electron chi connectivity index (χ1n) is 14.4. The van der Waals surface area contributed by atoms with Crippen LogP contribution in [0, 0.1) is 17.7 Å². The number of halogens is 3. The van der Waals surface area contributed by atoms with Crippen LogP contribution in [0.25, 0.3) is 0 Å². The van der Waals surface area contributed by atoms with E-state index in [0.717, 1.165) is 49.1 Å². The summed E-state index contributed by atoms with van der Waals surface area (Å²) in [4.78, 5) is 0. The molecule has 2 saturated carbocycles. The highest BCUT2D eigenvalue weighted by atomic mass is 19.3. The Morgan fingerprint density at radius 3 is 2.14 bits per heavy atom. The van der Waals surface area contributed by atoms with Gasteiger partial charge in [0.15, 0.2) is 0 Å². The fourth-order valence-corrected chi connectivity index (χ4v) is 6.23. The molecule has 2 aromatic rings. The normalized spacial score (nSPS) is 25.0. The van der Waals surface area contributed by atoms with Crippen molar-refractivity contribution < 1.29 is 17.9 Å². The zero-order chi connectivity index (χ0) is 26.3. The minimum absolute atomic E-state index is 0.161. The Morgan fingerprint density at radius 1 is 0.865 bits per heavy atom. The Labute approximate surface area is 221 Å². The largest absolute Gasteiger partial charge is 0.386 e. The molecule has 4 heteroatoms. The van der Waals surface area contributed by atoms with Gasteiger partial charge < -0.3 is 4.74 Å². The molecule has 4 rings (SSSR count). The van der Waals surface area contributed by atoms with Gasteiger partial charge in [-0.2, -0.15) is 8.78 Å². The minimum Gasteiger partial charge on any atom is -0.316 e. The number of hydrogen-bond donors (Lipinski definition) is 0. The van der Waals surface area contributed by atoms with Gasteiger partial charge in [-0.3, -0.25) is 0 Å². The quantitative estimate of drug-likeness (QED) is 0.288. The second-order valence-corrected chi connectivity index (χ2v) is 11.4. The average Bonchev–Trinajstić information content (AvgIpc) is 2.90. The molecule has 0 N–H and O–H groups in total. The second kappa shape index (κ2) is 13.1. The summed E-state index contributed by atoms with van der Waals surface area (Å²) in [7, 11) is 0. The summed E-state index contributed by atoms with van der Waals surface area (Å²) in [6, 6.07) is 12.5. The van der Waals surface area contributed by atoms with Gasteiger partial charge in [-0.15, -0.1) is 0 Å². The van der Waals surface area contributed by atoms with Gasteiger partial charge in [0.2, 0.25) is 0 Å². The lowest BCUT2D eigenvalue weighted by atomic mass is 9.77. The molecule has 0 saturated heterocycles. The first kappa shape index (κ1) is 28.0. The maximum Gasteiger partial charge on any atom is 0.386 e. The van der Waals surface area contributed by atoms with Crippen molar-refractivity contribution in [2.45, 2.75) is 102 Å². The van der Waals surface area contributed by atoms with Gasteiger partial charge in [0.05, 0.1) is 12.2 Å². The molecule has 2 aliphatic carbocycles. The highest BCUT2D eigenvalue weighted by molar-refractivity contribution is 5.29. The molecule has 2 aliphatic rings. The third kappa shape index (κ3) is 7.72. The van der Waals surface area contributed by atoms with Crippen molar-refractivity contribution in [3.63, 3.8) is 0 Å². The maximum atomic E-state index is 14.8. The summed E-state index contributed by atoms with van der Waals surface area (Å²) in [5, 5.41) is 0. The summed E-state index contributed by atoms with van der Waals surface area (Å²) in [6.07, 6.45) is 12.5. The summed E-state index contributed by atoms with van der Waals surface area (Å²) in [5.41, 5.74) is 2.46. The van der Waals surface area contributed by atoms with Crippen LogP contribution in [-0.2, 0) is 17.3 Å². The molecule has 37 heavy (non-hydrogen) atoms. The molecule has 0 aromatic heterocycles. The summed E-state index contributed by atoms with van der Waals surface area (Å²) < 4.78 is 49.3. The van der Waals surface area contributed by atoms with E-state index in [1.54, 1.807) is 6.07 Å². The van der Waals surface area contributed by atoms with Crippen molar-refractivity contribution in [2.24, 2.45) is 11.8 Å². The van der Waals surface area contributed by atoms with Gasteiger partial charge >= 0.3 is 6.11 Å². The van der Waals surface area contributed by atoms with Crippen molar-refractivity contribution in [3.05, 3.63) is 82.7 Å². The van der Waals surface area contributed by atoms with Gasteiger partial charge in [0.1, 0.15) is 5.82 Å². The summed E-state index contributed by atoms with van der Waals surface area (Å²) >= 11 is 0. The highest BCUT2D eigenvalue weighted by Crippen LogP contribution is 2.40. The van der Waals surface area contributed by atoms with E-state index >= 15 is 0 Å². The van der Waals surface area contributed by atoms with Crippen LogP contribution in [0.1, 0.15) is 112 Å². The van der Waals surface area contributed by atoms with Gasteiger partial charge in [-0.25, -0.2) is 4.39 Å². The smallest absolute Gasteiger partial charge is 0.316 e. The third-order valence-corrected chi connectivity index (χ3v) is 8.74. The Kier molecular flexibility index (Phi) is 9.92. The fraction of sp³-hybridized carbons (Fsp3) is 0.576. The van der Waals surface area contributed by atoms with E-state index in [-0.39, 0.29) is 12.5 Å². The molecule has 0 spiro atoms. The molecule has 0 heterocycles. The van der Waals surface area contributed by atoms with Crippen molar-refractivity contribution in [3.8, 4) is 0 Å². The van der Waals surface area contributed by atoms with E-state index < -0.39 is 17.5 Å². The van der Waals surface area contributed by atoms with Gasteiger partial charge in [-0.1, -0.05) is 62.2 Å². The van der Waals surface area contributed by atoms with Crippen LogP contribution in [0.4, 0.5) is 13.2 Å². The van der Waals surface area contributed by atoms with Crippen LogP contribution >= 0.6 is 0 Å². The molecule has 2 fully saturated rings. The van der Waals surface area contributed by atoms with Crippen molar-refractivity contribution >= 4 is 0 Å². The standard InChI is InChI=1S/C33H43F3O/c1-3-4-5-6-25-9-17-29(18-10-25)30-19-20-31(32(34)23-30)33(35,36)37-22-21-26-11-15-28(16-12-26)27-13-7-24(2)8-14-27/h3-4,11-12,15-16,19-20,23-25,27,29H,5-10,13-14,17-18,21-22H2,1-2H3/b4-3+/t24-,25-,27-,29-. The van der Waals surface area contributed by atoms with Crippen molar-refractivity contribution in [1.29, 1.82) is 0 Å². The summed E-state index contributed by atoms with van der Waals surface area (Å²) in [6.45, 7) is 4.19. The van der Waals surface area contributed by atoms with Crippen molar-refractivity contribution in [1.82, 2.24) is 0 Å². The number of rotatable bonds is 10. The molecule has 0 aliphatic heterocycles. The number of allylic oxidation sites excluding steroid dienone is 2. The van der Waals surface area contributed by atoms with E-state index in [2.05, 4.69) is 31.2 Å². The molecule has 2 aromatic carbocycles. The molecule has 0 radical (unpaired) electrons. The SMILES string of the molecule is C/C=C/CC[C@H]1CC[C@H](c2ccc(C(F)(F)OCCc3ccc([C@H]4CC[C@H](C)CC4)cc3)c(F)c2)CC1. The fourth-order valence-electron chi connectivity index (χ4n) is 6.23. The van der Waals surface area contributed by atoms with Crippen LogP contribution in [0.15, 0.2) is 54.6 Å². The zero-order valence-electron chi connectivity index (χ0n) is 22.5. The summed E-state index contributed by atoms with van der Waals surface area (Å²) in [5.74, 6) is 1.50. The van der Waals surface area contributed by atoms with Crippen LogP contribution in [0.5, 0.6) is 0 Å². The lowest BCUT2D eigenvalue weighted by molar-refractivity contribution is -0.249. The Bertz CT molecular complexity index is 997. The van der Waals surface area contributed by atoms with E-state index in [0.29, 0.717) is 18.3 Å². The average molecular weight is 513 g/mol.